The van der Waals surface area contributed by atoms with Crippen molar-refractivity contribution in [3.8, 4) is 0 Å². The summed E-state index contributed by atoms with van der Waals surface area (Å²) in [6, 6.07) is 0.549. The van der Waals surface area contributed by atoms with Crippen LogP contribution in [0.2, 0.25) is 0 Å². The molecular weight excluding hydrogens is 266 g/mol. The number of aliphatic imine (C=N–C) groups is 1. The molecule has 0 radical (unpaired) electrons. The van der Waals surface area contributed by atoms with Crippen LogP contribution in [0.4, 0.5) is 0 Å². The van der Waals surface area contributed by atoms with Gasteiger partial charge < -0.3 is 15.2 Å². The summed E-state index contributed by atoms with van der Waals surface area (Å²) in [5, 5.41) is 10.8. The number of nitrogens with one attached hydrogen (secondary N) is 2. The van der Waals surface area contributed by atoms with E-state index < -0.39 is 0 Å². The highest BCUT2D eigenvalue weighted by Crippen LogP contribution is 2.38. The molecule has 0 saturated heterocycles. The van der Waals surface area contributed by atoms with E-state index in [0.717, 1.165) is 24.2 Å². The van der Waals surface area contributed by atoms with Crippen LogP contribution in [0.1, 0.15) is 57.7 Å². The Bertz CT molecular complexity index is 506. The van der Waals surface area contributed by atoms with E-state index in [1.165, 1.54) is 19.3 Å². The molecule has 21 heavy (non-hydrogen) atoms. The van der Waals surface area contributed by atoms with Gasteiger partial charge in [0.15, 0.2) is 11.8 Å². The molecule has 2 fully saturated rings. The van der Waals surface area contributed by atoms with Crippen LogP contribution in [0.25, 0.3) is 0 Å². The predicted octanol–water partition coefficient (Wildman–Crippen LogP) is 2.05. The number of hydrogen-bond acceptors (Lipinski definition) is 4. The summed E-state index contributed by atoms with van der Waals surface area (Å²) in [5.41, 5.74) is 0. The largest absolute Gasteiger partial charge is 0.356 e. The monoisotopic (exact) mass is 291 g/mol. The first kappa shape index (κ1) is 14.4. The summed E-state index contributed by atoms with van der Waals surface area (Å²) in [5.74, 6) is 4.14. The average Bonchev–Trinajstić information content (AvgIpc) is 3.35. The Morgan fingerprint density at radius 3 is 2.81 bits per heavy atom. The van der Waals surface area contributed by atoms with Crippen molar-refractivity contribution < 1.29 is 4.52 Å². The van der Waals surface area contributed by atoms with Crippen molar-refractivity contribution in [1.29, 1.82) is 0 Å². The minimum atomic E-state index is 0.439. The lowest BCUT2D eigenvalue weighted by atomic mass is 10.2. The number of nitrogens with zero attached hydrogens (tertiary/aromatic N) is 3. The van der Waals surface area contributed by atoms with E-state index in [9.17, 15) is 0 Å². The first-order valence-corrected chi connectivity index (χ1v) is 7.99. The van der Waals surface area contributed by atoms with Crippen molar-refractivity contribution in [2.75, 3.05) is 6.54 Å². The van der Waals surface area contributed by atoms with Gasteiger partial charge in [0.1, 0.15) is 6.54 Å². The molecule has 1 aromatic rings. The zero-order chi connectivity index (χ0) is 14.8. The van der Waals surface area contributed by atoms with Crippen LogP contribution in [0.3, 0.4) is 0 Å². The van der Waals surface area contributed by atoms with E-state index >= 15 is 0 Å². The summed E-state index contributed by atoms with van der Waals surface area (Å²) >= 11 is 0. The molecule has 0 aromatic carbocycles. The highest BCUT2D eigenvalue weighted by molar-refractivity contribution is 5.80. The lowest BCUT2D eigenvalue weighted by Gasteiger charge is -2.13. The van der Waals surface area contributed by atoms with Gasteiger partial charge in [0, 0.05) is 18.5 Å². The van der Waals surface area contributed by atoms with Crippen LogP contribution in [-0.4, -0.2) is 28.7 Å². The molecule has 0 amide bonds. The van der Waals surface area contributed by atoms with Crippen molar-refractivity contribution in [2.24, 2.45) is 16.8 Å². The summed E-state index contributed by atoms with van der Waals surface area (Å²) < 4.78 is 5.26. The minimum absolute atomic E-state index is 0.439. The molecule has 2 aliphatic carbocycles. The molecule has 2 N–H and O–H groups in total. The molecule has 1 aromatic heterocycles. The molecule has 1 heterocycles. The predicted molar refractivity (Wildman–Crippen MR) is 81.0 cm³/mol. The molecule has 116 valence electrons. The summed E-state index contributed by atoms with van der Waals surface area (Å²) in [6.45, 7) is 7.96. The summed E-state index contributed by atoms with van der Waals surface area (Å²) in [4.78, 5) is 8.98. The van der Waals surface area contributed by atoms with E-state index in [-0.39, 0.29) is 0 Å². The molecule has 2 saturated carbocycles. The average molecular weight is 291 g/mol. The first-order valence-electron chi connectivity index (χ1n) is 7.99. The molecule has 6 nitrogen and oxygen atoms in total. The normalized spacial score (nSPS) is 25.2. The lowest BCUT2D eigenvalue weighted by Crippen LogP contribution is -2.40. The number of aromatic nitrogens is 2. The molecule has 2 aliphatic rings. The van der Waals surface area contributed by atoms with Gasteiger partial charge in [-0.2, -0.15) is 4.98 Å². The van der Waals surface area contributed by atoms with E-state index in [1.807, 2.05) is 0 Å². The van der Waals surface area contributed by atoms with Gasteiger partial charge >= 0.3 is 0 Å². The van der Waals surface area contributed by atoms with Gasteiger partial charge in [0.05, 0.1) is 0 Å². The maximum absolute atomic E-state index is 5.26. The molecule has 2 atom stereocenters. The topological polar surface area (TPSA) is 75.3 Å². The Morgan fingerprint density at radius 1 is 1.43 bits per heavy atom. The SMILES string of the molecule is CC(C)CNC(=NCc1nc(C2CC2)no1)N[C@@H]1C[C@@H]1C. The molecule has 0 spiro atoms. The molecule has 0 unspecified atom stereocenters. The van der Waals surface area contributed by atoms with Crippen LogP contribution >= 0.6 is 0 Å². The first-order chi connectivity index (χ1) is 10.1. The third-order valence-corrected chi connectivity index (χ3v) is 3.91. The van der Waals surface area contributed by atoms with Gasteiger partial charge in [-0.05, 0) is 31.1 Å². The molecule has 0 bridgehead atoms. The highest BCUT2D eigenvalue weighted by Gasteiger charge is 2.33. The lowest BCUT2D eigenvalue weighted by molar-refractivity contribution is 0.374. The Hall–Kier alpha value is -1.59. The van der Waals surface area contributed by atoms with Gasteiger partial charge in [-0.3, -0.25) is 0 Å². The standard InChI is InChI=1S/C15H25N5O/c1-9(2)7-16-15(18-12-6-10(12)3)17-8-13-19-14(20-21-13)11-4-5-11/h9-12H,4-8H2,1-3H3,(H2,16,17,18)/t10-,12+/m0/s1. The fourth-order valence-electron chi connectivity index (χ4n) is 2.14. The maximum Gasteiger partial charge on any atom is 0.248 e. The Morgan fingerprint density at radius 2 is 2.19 bits per heavy atom. The van der Waals surface area contributed by atoms with Crippen molar-refractivity contribution in [3.63, 3.8) is 0 Å². The Labute approximate surface area is 125 Å². The smallest absolute Gasteiger partial charge is 0.248 e. The fourth-order valence-corrected chi connectivity index (χ4v) is 2.14. The Kier molecular flexibility index (Phi) is 4.12. The van der Waals surface area contributed by atoms with Crippen LogP contribution in [0, 0.1) is 11.8 Å². The summed E-state index contributed by atoms with van der Waals surface area (Å²) in [7, 11) is 0. The van der Waals surface area contributed by atoms with Crippen molar-refractivity contribution in [2.45, 2.75) is 58.5 Å². The van der Waals surface area contributed by atoms with Crippen molar-refractivity contribution in [3.05, 3.63) is 11.7 Å². The maximum atomic E-state index is 5.26. The number of guanidine groups is 1. The van der Waals surface area contributed by atoms with Gasteiger partial charge in [0.2, 0.25) is 5.89 Å². The van der Waals surface area contributed by atoms with Crippen LogP contribution in [0.15, 0.2) is 9.52 Å². The van der Waals surface area contributed by atoms with E-state index in [4.69, 9.17) is 4.52 Å². The Balaban J connectivity index is 1.56. The second-order valence-electron chi connectivity index (χ2n) is 6.72. The van der Waals surface area contributed by atoms with E-state index in [2.05, 4.69) is 46.5 Å². The third kappa shape index (κ3) is 4.19. The number of rotatable bonds is 6. The van der Waals surface area contributed by atoms with Crippen molar-refractivity contribution >= 4 is 5.96 Å². The van der Waals surface area contributed by atoms with Gasteiger partial charge in [-0.25, -0.2) is 4.99 Å². The molecule has 0 aliphatic heterocycles. The quantitative estimate of drug-likeness (QED) is 0.620. The molecular formula is C15H25N5O. The second-order valence-corrected chi connectivity index (χ2v) is 6.72. The van der Waals surface area contributed by atoms with Gasteiger partial charge in [-0.1, -0.05) is 25.9 Å². The van der Waals surface area contributed by atoms with Crippen LogP contribution in [-0.2, 0) is 6.54 Å². The minimum Gasteiger partial charge on any atom is -0.356 e. The summed E-state index contributed by atoms with van der Waals surface area (Å²) in [6.07, 6.45) is 3.59. The van der Waals surface area contributed by atoms with Gasteiger partial charge in [0.25, 0.3) is 0 Å². The van der Waals surface area contributed by atoms with Crippen LogP contribution < -0.4 is 10.6 Å². The molecule has 6 heteroatoms. The highest BCUT2D eigenvalue weighted by atomic mass is 16.5. The third-order valence-electron chi connectivity index (χ3n) is 3.91. The molecule has 3 rings (SSSR count). The zero-order valence-electron chi connectivity index (χ0n) is 13.1. The second kappa shape index (κ2) is 6.03. The van der Waals surface area contributed by atoms with Crippen molar-refractivity contribution in [1.82, 2.24) is 20.8 Å². The number of hydrogen-bond donors (Lipinski definition) is 2. The van der Waals surface area contributed by atoms with E-state index in [1.54, 1.807) is 0 Å². The van der Waals surface area contributed by atoms with Crippen LogP contribution in [0.5, 0.6) is 0 Å². The zero-order valence-corrected chi connectivity index (χ0v) is 13.1. The van der Waals surface area contributed by atoms with E-state index in [0.29, 0.717) is 30.3 Å². The van der Waals surface area contributed by atoms with Gasteiger partial charge in [-0.15, -0.1) is 0 Å². The fraction of sp³-hybridized carbons (Fsp3) is 0.800.